The second-order valence-corrected chi connectivity index (χ2v) is 5.20. The normalized spacial score (nSPS) is 16.7. The largest absolute Gasteiger partial charge is 0.478 e. The molecule has 1 saturated carbocycles. The number of halogens is 1. The summed E-state index contributed by atoms with van der Waals surface area (Å²) in [6.07, 6.45) is 2.88. The zero-order chi connectivity index (χ0) is 15.6. The maximum atomic E-state index is 13.6. The van der Waals surface area contributed by atoms with Crippen LogP contribution < -0.4 is 5.32 Å². The van der Waals surface area contributed by atoms with E-state index < -0.39 is 33.6 Å². The van der Waals surface area contributed by atoms with Crippen molar-refractivity contribution in [3.8, 4) is 0 Å². The van der Waals surface area contributed by atoms with Gasteiger partial charge in [-0.3, -0.25) is 10.1 Å². The van der Waals surface area contributed by atoms with Gasteiger partial charge in [-0.1, -0.05) is 12.8 Å². The molecular weight excluding hydrogens is 283 g/mol. The standard InChI is InChI=1S/C13H15FN2O5/c14-9-6-10(15-7-13(19)3-1-2-4-13)11(16(20)21)5-8(9)12(17)18/h5-6,15,19H,1-4,7H2,(H,17,18). The summed E-state index contributed by atoms with van der Waals surface area (Å²) in [4.78, 5) is 21.0. The molecule has 0 heterocycles. The van der Waals surface area contributed by atoms with Gasteiger partial charge in [-0.15, -0.1) is 0 Å². The summed E-state index contributed by atoms with van der Waals surface area (Å²) in [7, 11) is 0. The lowest BCUT2D eigenvalue weighted by molar-refractivity contribution is -0.384. The molecule has 2 rings (SSSR count). The first-order valence-corrected chi connectivity index (χ1v) is 6.50. The van der Waals surface area contributed by atoms with Crippen molar-refractivity contribution >= 4 is 17.3 Å². The number of nitrogens with one attached hydrogen (secondary N) is 1. The fraction of sp³-hybridized carbons (Fsp3) is 0.462. The van der Waals surface area contributed by atoms with E-state index in [-0.39, 0.29) is 12.2 Å². The lowest BCUT2D eigenvalue weighted by Crippen LogP contribution is -2.33. The first-order chi connectivity index (χ1) is 9.82. The molecular formula is C13H15FN2O5. The molecule has 0 spiro atoms. The van der Waals surface area contributed by atoms with Crippen LogP contribution in [0.1, 0.15) is 36.0 Å². The Hall–Kier alpha value is -2.22. The van der Waals surface area contributed by atoms with Crippen LogP contribution in [0.3, 0.4) is 0 Å². The van der Waals surface area contributed by atoms with E-state index in [4.69, 9.17) is 5.11 Å². The van der Waals surface area contributed by atoms with Crippen molar-refractivity contribution in [3.63, 3.8) is 0 Å². The van der Waals surface area contributed by atoms with E-state index >= 15 is 0 Å². The number of carboxylic acids is 1. The van der Waals surface area contributed by atoms with Crippen molar-refractivity contribution in [1.29, 1.82) is 0 Å². The number of nitrogens with zero attached hydrogens (tertiary/aromatic N) is 1. The van der Waals surface area contributed by atoms with Gasteiger partial charge in [-0.05, 0) is 12.8 Å². The SMILES string of the molecule is O=C(O)c1cc([N+](=O)[O-])c(NCC2(O)CCCC2)cc1F. The molecule has 1 aliphatic carbocycles. The highest BCUT2D eigenvalue weighted by molar-refractivity contribution is 5.90. The second-order valence-electron chi connectivity index (χ2n) is 5.20. The summed E-state index contributed by atoms with van der Waals surface area (Å²) in [6.45, 7) is 0.0553. The van der Waals surface area contributed by atoms with E-state index in [0.29, 0.717) is 18.9 Å². The molecule has 0 unspecified atom stereocenters. The first-order valence-electron chi connectivity index (χ1n) is 6.50. The van der Waals surface area contributed by atoms with E-state index in [2.05, 4.69) is 5.32 Å². The molecule has 0 saturated heterocycles. The van der Waals surface area contributed by atoms with Crippen molar-refractivity contribution in [3.05, 3.63) is 33.6 Å². The quantitative estimate of drug-likeness (QED) is 0.567. The number of carboxylic acid groups (broad SMARTS) is 1. The van der Waals surface area contributed by atoms with Crippen molar-refractivity contribution in [2.75, 3.05) is 11.9 Å². The Kier molecular flexibility index (Phi) is 4.08. The molecule has 1 fully saturated rings. The van der Waals surface area contributed by atoms with Gasteiger partial charge in [0.25, 0.3) is 5.69 Å². The predicted octanol–water partition coefficient (Wildman–Crippen LogP) is 2.15. The van der Waals surface area contributed by atoms with E-state index in [1.807, 2.05) is 0 Å². The first kappa shape index (κ1) is 15.2. The molecule has 0 atom stereocenters. The Labute approximate surface area is 119 Å². The van der Waals surface area contributed by atoms with Gasteiger partial charge in [-0.25, -0.2) is 9.18 Å². The lowest BCUT2D eigenvalue weighted by Gasteiger charge is -2.23. The van der Waals surface area contributed by atoms with Crippen LogP contribution in [-0.4, -0.2) is 33.3 Å². The van der Waals surface area contributed by atoms with Crippen molar-refractivity contribution in [2.45, 2.75) is 31.3 Å². The number of nitro benzene ring substituents is 1. The van der Waals surface area contributed by atoms with Crippen LogP contribution in [0.25, 0.3) is 0 Å². The third kappa shape index (κ3) is 3.27. The minimum Gasteiger partial charge on any atom is -0.478 e. The molecule has 7 nitrogen and oxygen atoms in total. The molecule has 3 N–H and O–H groups in total. The number of hydrogen-bond donors (Lipinski definition) is 3. The summed E-state index contributed by atoms with van der Waals surface area (Å²) >= 11 is 0. The number of hydrogen-bond acceptors (Lipinski definition) is 5. The van der Waals surface area contributed by atoms with Crippen molar-refractivity contribution in [1.82, 2.24) is 0 Å². The maximum absolute atomic E-state index is 13.6. The number of nitro groups is 1. The Morgan fingerprint density at radius 2 is 2.05 bits per heavy atom. The maximum Gasteiger partial charge on any atom is 0.338 e. The van der Waals surface area contributed by atoms with Crippen LogP contribution in [0, 0.1) is 15.9 Å². The average molecular weight is 298 g/mol. The van der Waals surface area contributed by atoms with Crippen LogP contribution in [0.2, 0.25) is 0 Å². The van der Waals surface area contributed by atoms with Crippen LogP contribution in [-0.2, 0) is 0 Å². The van der Waals surface area contributed by atoms with E-state index in [1.54, 1.807) is 0 Å². The number of aliphatic hydroxyl groups is 1. The number of aromatic carboxylic acids is 1. The molecule has 21 heavy (non-hydrogen) atoms. The van der Waals surface area contributed by atoms with Crippen molar-refractivity contribution < 1.29 is 24.3 Å². The van der Waals surface area contributed by atoms with E-state index in [0.717, 1.165) is 18.9 Å². The highest BCUT2D eigenvalue weighted by atomic mass is 19.1. The number of rotatable bonds is 5. The summed E-state index contributed by atoms with van der Waals surface area (Å²) in [6, 6.07) is 1.46. The topological polar surface area (TPSA) is 113 Å². The number of carbonyl (C=O) groups is 1. The average Bonchev–Trinajstić information content (AvgIpc) is 2.83. The summed E-state index contributed by atoms with van der Waals surface area (Å²) in [5.41, 5.74) is -2.39. The number of anilines is 1. The fourth-order valence-corrected chi connectivity index (χ4v) is 2.49. The van der Waals surface area contributed by atoms with Crippen LogP contribution in [0.4, 0.5) is 15.8 Å². The van der Waals surface area contributed by atoms with Crippen molar-refractivity contribution in [2.24, 2.45) is 0 Å². The molecule has 1 aliphatic rings. The van der Waals surface area contributed by atoms with Crippen LogP contribution in [0.15, 0.2) is 12.1 Å². The molecule has 0 amide bonds. The van der Waals surface area contributed by atoms with Gasteiger partial charge in [0.2, 0.25) is 0 Å². The molecule has 0 aromatic heterocycles. The monoisotopic (exact) mass is 298 g/mol. The van der Waals surface area contributed by atoms with Gasteiger partial charge in [0.05, 0.1) is 10.5 Å². The van der Waals surface area contributed by atoms with Gasteiger partial charge >= 0.3 is 5.97 Å². The van der Waals surface area contributed by atoms with Gasteiger partial charge in [0, 0.05) is 18.7 Å². The Bertz CT molecular complexity index is 584. The number of benzene rings is 1. The molecule has 114 valence electrons. The Morgan fingerprint density at radius 1 is 1.43 bits per heavy atom. The third-order valence-electron chi connectivity index (χ3n) is 3.65. The van der Waals surface area contributed by atoms with E-state index in [9.17, 15) is 24.4 Å². The zero-order valence-corrected chi connectivity index (χ0v) is 11.1. The smallest absolute Gasteiger partial charge is 0.338 e. The zero-order valence-electron chi connectivity index (χ0n) is 11.1. The highest BCUT2D eigenvalue weighted by Gasteiger charge is 2.32. The molecule has 1 aromatic carbocycles. The molecule has 1 aromatic rings. The molecule has 8 heteroatoms. The minimum atomic E-state index is -1.57. The summed E-state index contributed by atoms with van der Waals surface area (Å²) in [5.74, 6) is -2.63. The van der Waals surface area contributed by atoms with Crippen LogP contribution in [0.5, 0.6) is 0 Å². The fourth-order valence-electron chi connectivity index (χ4n) is 2.49. The second kappa shape index (κ2) is 5.65. The van der Waals surface area contributed by atoms with Gasteiger partial charge in [0.1, 0.15) is 17.1 Å². The molecule has 0 radical (unpaired) electrons. The molecule has 0 bridgehead atoms. The highest BCUT2D eigenvalue weighted by Crippen LogP contribution is 2.32. The Morgan fingerprint density at radius 3 is 2.57 bits per heavy atom. The summed E-state index contributed by atoms with van der Waals surface area (Å²) in [5, 5.41) is 32.6. The lowest BCUT2D eigenvalue weighted by atomic mass is 10.0. The Balaban J connectivity index is 2.27. The summed E-state index contributed by atoms with van der Waals surface area (Å²) < 4.78 is 13.6. The van der Waals surface area contributed by atoms with Crippen LogP contribution >= 0.6 is 0 Å². The van der Waals surface area contributed by atoms with E-state index in [1.165, 1.54) is 0 Å². The minimum absolute atomic E-state index is 0.0553. The predicted molar refractivity (Wildman–Crippen MR) is 71.9 cm³/mol. The van der Waals surface area contributed by atoms with Gasteiger partial charge < -0.3 is 15.5 Å². The van der Waals surface area contributed by atoms with Gasteiger partial charge in [0.15, 0.2) is 0 Å². The third-order valence-corrected chi connectivity index (χ3v) is 3.65. The molecule has 0 aliphatic heterocycles. The van der Waals surface area contributed by atoms with Gasteiger partial charge in [-0.2, -0.15) is 0 Å².